The van der Waals surface area contributed by atoms with Gasteiger partial charge in [-0.1, -0.05) is 35.8 Å². The molecule has 1 aromatic rings. The monoisotopic (exact) mass is 270 g/mol. The Balaban J connectivity index is 2.72. The quantitative estimate of drug-likeness (QED) is 0.604. The van der Waals surface area contributed by atoms with E-state index in [2.05, 4.69) is 23.7 Å². The largest absolute Gasteiger partial charge is 0.453 e. The number of hydrogen-bond acceptors (Lipinski definition) is 4. The number of carbonyl (C=O) groups excluding carboxylic acids is 2. The van der Waals surface area contributed by atoms with Crippen molar-refractivity contribution < 1.29 is 19.1 Å². The van der Waals surface area contributed by atoms with E-state index in [-0.39, 0.29) is 25.2 Å². The van der Waals surface area contributed by atoms with Crippen molar-refractivity contribution in [3.05, 3.63) is 35.4 Å². The Morgan fingerprint density at radius 2 is 1.30 bits per heavy atom. The molecule has 0 unspecified atom stereocenters. The average molecular weight is 270 g/mol. The lowest BCUT2D eigenvalue weighted by atomic mass is 10.1. The van der Waals surface area contributed by atoms with Gasteiger partial charge in [-0.3, -0.25) is 9.59 Å². The summed E-state index contributed by atoms with van der Waals surface area (Å²) in [5.74, 6) is 10.5. The maximum absolute atomic E-state index is 10.6. The van der Waals surface area contributed by atoms with Crippen LogP contribution in [0.1, 0.15) is 25.0 Å². The molecule has 0 heterocycles. The van der Waals surface area contributed by atoms with Gasteiger partial charge in [-0.25, -0.2) is 0 Å². The van der Waals surface area contributed by atoms with Crippen LogP contribution >= 0.6 is 0 Å². The van der Waals surface area contributed by atoms with E-state index >= 15 is 0 Å². The minimum absolute atomic E-state index is 0.0462. The SMILES string of the molecule is CC(=O)OCC#Cc1ccccc1C#CCOC(C)=O. The second kappa shape index (κ2) is 8.39. The molecule has 4 nitrogen and oxygen atoms in total. The van der Waals surface area contributed by atoms with Gasteiger partial charge < -0.3 is 9.47 Å². The Kier molecular flexibility index (Phi) is 6.44. The summed E-state index contributed by atoms with van der Waals surface area (Å²) in [6.07, 6.45) is 0. The standard InChI is InChI=1S/C16H14O4/c1-13(17)19-11-5-9-15-7-3-4-8-16(15)10-6-12-20-14(2)18/h3-4,7-8H,11-12H2,1-2H3. The van der Waals surface area contributed by atoms with Crippen molar-refractivity contribution in [3.8, 4) is 23.7 Å². The fourth-order valence-electron chi connectivity index (χ4n) is 1.24. The topological polar surface area (TPSA) is 52.6 Å². The number of rotatable bonds is 2. The summed E-state index contributed by atoms with van der Waals surface area (Å²) >= 11 is 0. The highest BCUT2D eigenvalue weighted by atomic mass is 16.5. The van der Waals surface area contributed by atoms with Gasteiger partial charge >= 0.3 is 11.9 Å². The highest BCUT2D eigenvalue weighted by molar-refractivity contribution is 5.66. The van der Waals surface area contributed by atoms with E-state index in [1.807, 2.05) is 24.3 Å². The molecule has 0 amide bonds. The zero-order chi connectivity index (χ0) is 14.8. The van der Waals surface area contributed by atoms with Crippen LogP contribution in [0.25, 0.3) is 0 Å². The molecule has 0 atom stereocenters. The van der Waals surface area contributed by atoms with Crippen LogP contribution in [0.5, 0.6) is 0 Å². The molecule has 0 spiro atoms. The zero-order valence-corrected chi connectivity index (χ0v) is 11.4. The summed E-state index contributed by atoms with van der Waals surface area (Å²) in [5, 5.41) is 0. The Morgan fingerprint density at radius 3 is 1.65 bits per heavy atom. The third-order valence-electron chi connectivity index (χ3n) is 2.07. The van der Waals surface area contributed by atoms with Gasteiger partial charge in [-0.2, -0.15) is 0 Å². The van der Waals surface area contributed by atoms with Crippen molar-refractivity contribution in [2.75, 3.05) is 13.2 Å². The molecule has 1 rings (SSSR count). The van der Waals surface area contributed by atoms with Gasteiger partial charge in [0.15, 0.2) is 13.2 Å². The predicted molar refractivity (Wildman–Crippen MR) is 73.5 cm³/mol. The molecule has 20 heavy (non-hydrogen) atoms. The second-order valence-electron chi connectivity index (χ2n) is 3.71. The first kappa shape index (κ1) is 15.3. The molecule has 102 valence electrons. The summed E-state index contributed by atoms with van der Waals surface area (Å²) in [5.41, 5.74) is 1.46. The lowest BCUT2D eigenvalue weighted by molar-refractivity contribution is -0.140. The minimum atomic E-state index is -0.367. The first-order chi connectivity index (χ1) is 9.59. The van der Waals surface area contributed by atoms with Gasteiger partial charge in [-0.05, 0) is 12.1 Å². The van der Waals surface area contributed by atoms with Crippen LogP contribution in [-0.2, 0) is 19.1 Å². The van der Waals surface area contributed by atoms with Crippen molar-refractivity contribution in [2.45, 2.75) is 13.8 Å². The van der Waals surface area contributed by atoms with Gasteiger partial charge in [-0.15, -0.1) is 0 Å². The molecule has 0 aromatic heterocycles. The number of esters is 2. The van der Waals surface area contributed by atoms with E-state index in [9.17, 15) is 9.59 Å². The van der Waals surface area contributed by atoms with Crippen LogP contribution in [0.3, 0.4) is 0 Å². The molecule has 0 aliphatic heterocycles. The van der Waals surface area contributed by atoms with Crippen LogP contribution in [0.4, 0.5) is 0 Å². The van der Waals surface area contributed by atoms with E-state index in [0.29, 0.717) is 0 Å². The van der Waals surface area contributed by atoms with Crippen molar-refractivity contribution in [3.63, 3.8) is 0 Å². The Bertz CT molecular complexity index is 554. The van der Waals surface area contributed by atoms with Crippen molar-refractivity contribution in [2.24, 2.45) is 0 Å². The first-order valence-corrected chi connectivity index (χ1v) is 5.93. The van der Waals surface area contributed by atoms with Crippen LogP contribution in [0.15, 0.2) is 24.3 Å². The third kappa shape index (κ3) is 6.28. The molecular weight excluding hydrogens is 256 g/mol. The third-order valence-corrected chi connectivity index (χ3v) is 2.07. The van der Waals surface area contributed by atoms with Crippen molar-refractivity contribution in [1.29, 1.82) is 0 Å². The van der Waals surface area contributed by atoms with Gasteiger partial charge in [0.1, 0.15) is 0 Å². The highest BCUT2D eigenvalue weighted by Crippen LogP contribution is 2.05. The Labute approximate surface area is 118 Å². The fraction of sp³-hybridized carbons (Fsp3) is 0.250. The van der Waals surface area contributed by atoms with E-state index in [0.717, 1.165) is 11.1 Å². The van der Waals surface area contributed by atoms with Crippen LogP contribution < -0.4 is 0 Å². The van der Waals surface area contributed by atoms with Gasteiger partial charge in [0, 0.05) is 25.0 Å². The van der Waals surface area contributed by atoms with Crippen LogP contribution in [-0.4, -0.2) is 25.2 Å². The predicted octanol–water partition coefficient (Wildman–Crippen LogP) is 1.52. The summed E-state index contributed by atoms with van der Waals surface area (Å²) < 4.78 is 9.44. The molecule has 0 fully saturated rings. The lowest BCUT2D eigenvalue weighted by Gasteiger charge is -1.96. The van der Waals surface area contributed by atoms with Crippen LogP contribution in [0, 0.1) is 23.7 Å². The fourth-order valence-corrected chi connectivity index (χ4v) is 1.24. The average Bonchev–Trinajstić information content (AvgIpc) is 2.40. The highest BCUT2D eigenvalue weighted by Gasteiger charge is 1.95. The Morgan fingerprint density at radius 1 is 0.900 bits per heavy atom. The first-order valence-electron chi connectivity index (χ1n) is 5.93. The van der Waals surface area contributed by atoms with E-state index in [1.54, 1.807) is 0 Å². The maximum atomic E-state index is 10.6. The second-order valence-corrected chi connectivity index (χ2v) is 3.71. The molecular formula is C16H14O4. The number of ether oxygens (including phenoxy) is 2. The van der Waals surface area contributed by atoms with Gasteiger partial charge in [0.25, 0.3) is 0 Å². The number of carbonyl (C=O) groups is 2. The smallest absolute Gasteiger partial charge is 0.303 e. The van der Waals surface area contributed by atoms with Crippen molar-refractivity contribution >= 4 is 11.9 Å². The summed E-state index contributed by atoms with van der Waals surface area (Å²) in [6, 6.07) is 7.31. The van der Waals surface area contributed by atoms with Crippen LogP contribution in [0.2, 0.25) is 0 Å². The zero-order valence-electron chi connectivity index (χ0n) is 11.4. The molecule has 0 radical (unpaired) electrons. The molecule has 0 N–H and O–H groups in total. The lowest BCUT2D eigenvalue weighted by Crippen LogP contribution is -1.98. The molecule has 1 aromatic carbocycles. The summed E-state index contributed by atoms with van der Waals surface area (Å²) in [7, 11) is 0. The molecule has 0 aliphatic carbocycles. The van der Waals surface area contributed by atoms with E-state index in [1.165, 1.54) is 13.8 Å². The molecule has 0 saturated heterocycles. The van der Waals surface area contributed by atoms with E-state index in [4.69, 9.17) is 9.47 Å². The Hall–Kier alpha value is -2.72. The number of benzene rings is 1. The van der Waals surface area contributed by atoms with Gasteiger partial charge in [0.05, 0.1) is 0 Å². The van der Waals surface area contributed by atoms with E-state index < -0.39 is 0 Å². The van der Waals surface area contributed by atoms with Crippen molar-refractivity contribution in [1.82, 2.24) is 0 Å². The normalized spacial score (nSPS) is 8.50. The van der Waals surface area contributed by atoms with Gasteiger partial charge in [0.2, 0.25) is 0 Å². The maximum Gasteiger partial charge on any atom is 0.303 e. The molecule has 0 bridgehead atoms. The molecule has 0 aliphatic rings. The summed E-state index contributed by atoms with van der Waals surface area (Å²) in [4.78, 5) is 21.2. The molecule has 4 heteroatoms. The minimum Gasteiger partial charge on any atom is -0.453 e. The molecule has 0 saturated carbocycles. The summed E-state index contributed by atoms with van der Waals surface area (Å²) in [6.45, 7) is 2.75. The number of hydrogen-bond donors (Lipinski definition) is 0.